The van der Waals surface area contributed by atoms with E-state index in [1.54, 1.807) is 0 Å². The number of carbonyl (C=O) groups excluding carboxylic acids is 2. The molecule has 1 heterocycles. The second-order valence-electron chi connectivity index (χ2n) is 6.11. The van der Waals surface area contributed by atoms with Crippen LogP contribution in [-0.4, -0.2) is 22.9 Å². The number of fused-ring (bicyclic) bond motifs is 1. The molecule has 1 aliphatic carbocycles. The molecule has 0 saturated heterocycles. The van der Waals surface area contributed by atoms with Crippen LogP contribution in [-0.2, 0) is 22.4 Å². The highest BCUT2D eigenvalue weighted by molar-refractivity contribution is 7.14. The van der Waals surface area contributed by atoms with E-state index < -0.39 is 22.9 Å². The lowest BCUT2D eigenvalue weighted by Crippen LogP contribution is -2.29. The number of benzene rings is 1. The Morgan fingerprint density at radius 1 is 1.27 bits per heavy atom. The highest BCUT2D eigenvalue weighted by Gasteiger charge is 2.23. The van der Waals surface area contributed by atoms with Gasteiger partial charge in [0.15, 0.2) is 6.10 Å². The zero-order valence-corrected chi connectivity index (χ0v) is 15.0. The number of nitro groups is 1. The summed E-state index contributed by atoms with van der Waals surface area (Å²) in [7, 11) is 0. The first-order chi connectivity index (χ1) is 12.4. The van der Waals surface area contributed by atoms with Crippen LogP contribution in [0.5, 0.6) is 0 Å². The monoisotopic (exact) mass is 374 g/mol. The third kappa shape index (κ3) is 4.08. The van der Waals surface area contributed by atoms with Gasteiger partial charge in [0.25, 0.3) is 11.6 Å². The molecule has 1 aromatic heterocycles. The van der Waals surface area contributed by atoms with Gasteiger partial charge >= 0.3 is 5.97 Å². The Balaban J connectivity index is 1.62. The van der Waals surface area contributed by atoms with Gasteiger partial charge < -0.3 is 10.1 Å². The van der Waals surface area contributed by atoms with E-state index in [1.165, 1.54) is 53.0 Å². The van der Waals surface area contributed by atoms with E-state index in [1.807, 2.05) is 6.07 Å². The molecule has 0 bridgehead atoms. The quantitative estimate of drug-likeness (QED) is 0.488. The Morgan fingerprint density at radius 3 is 2.77 bits per heavy atom. The van der Waals surface area contributed by atoms with Gasteiger partial charge in [-0.05, 0) is 50.3 Å². The summed E-state index contributed by atoms with van der Waals surface area (Å²) in [5, 5.41) is 13.3. The van der Waals surface area contributed by atoms with Crippen LogP contribution >= 0.6 is 11.3 Å². The molecule has 8 heteroatoms. The maximum Gasteiger partial charge on any atom is 0.349 e. The first kappa shape index (κ1) is 18.1. The van der Waals surface area contributed by atoms with Gasteiger partial charge in [-0.1, -0.05) is 6.07 Å². The van der Waals surface area contributed by atoms with Crippen LogP contribution in [0.2, 0.25) is 0 Å². The number of thiophene rings is 1. The van der Waals surface area contributed by atoms with E-state index in [2.05, 4.69) is 5.32 Å². The van der Waals surface area contributed by atoms with Crippen LogP contribution in [0, 0.1) is 10.1 Å². The molecular weight excluding hydrogens is 356 g/mol. The molecule has 1 aromatic carbocycles. The van der Waals surface area contributed by atoms with Crippen molar-refractivity contribution in [2.45, 2.75) is 38.7 Å². The summed E-state index contributed by atoms with van der Waals surface area (Å²) in [6.07, 6.45) is 3.20. The van der Waals surface area contributed by atoms with Crippen LogP contribution in [0.15, 0.2) is 30.3 Å². The second kappa shape index (κ2) is 7.65. The number of nitrogens with one attached hydrogen (secondary N) is 1. The average Bonchev–Trinajstić information content (AvgIpc) is 3.06. The molecule has 7 nitrogen and oxygen atoms in total. The number of nitro benzene ring substituents is 1. The minimum Gasteiger partial charge on any atom is -0.448 e. The molecule has 1 atom stereocenters. The van der Waals surface area contributed by atoms with Crippen molar-refractivity contribution in [2.24, 2.45) is 0 Å². The number of hydrogen-bond donors (Lipinski definition) is 1. The fourth-order valence-corrected chi connectivity index (χ4v) is 3.94. The summed E-state index contributed by atoms with van der Waals surface area (Å²) in [6, 6.07) is 7.44. The molecule has 3 rings (SSSR count). The number of aryl methyl sites for hydroxylation is 2. The van der Waals surface area contributed by atoms with Gasteiger partial charge in [0.05, 0.1) is 4.92 Å². The van der Waals surface area contributed by atoms with Crippen molar-refractivity contribution in [1.82, 2.24) is 0 Å². The first-order valence-corrected chi connectivity index (χ1v) is 9.13. The van der Waals surface area contributed by atoms with Crippen molar-refractivity contribution < 1.29 is 19.2 Å². The average molecular weight is 374 g/mol. The number of amides is 1. The number of nitrogens with zero attached hydrogens (tertiary/aromatic N) is 1. The summed E-state index contributed by atoms with van der Waals surface area (Å²) in [4.78, 5) is 36.5. The number of esters is 1. The molecule has 0 radical (unpaired) electrons. The normalized spacial score (nSPS) is 14.2. The Hall–Kier alpha value is -2.74. The van der Waals surface area contributed by atoms with Crippen molar-refractivity contribution in [2.75, 3.05) is 5.32 Å². The van der Waals surface area contributed by atoms with E-state index in [-0.39, 0.29) is 11.4 Å². The molecule has 0 saturated carbocycles. The van der Waals surface area contributed by atoms with Crippen molar-refractivity contribution >= 4 is 34.6 Å². The largest absolute Gasteiger partial charge is 0.448 e. The highest BCUT2D eigenvalue weighted by atomic mass is 32.1. The molecule has 0 aliphatic heterocycles. The maximum atomic E-state index is 12.3. The van der Waals surface area contributed by atoms with Crippen LogP contribution in [0.1, 0.15) is 39.9 Å². The minimum atomic E-state index is -1.01. The zero-order chi connectivity index (χ0) is 18.7. The summed E-state index contributed by atoms with van der Waals surface area (Å²) < 4.78 is 5.25. The lowest BCUT2D eigenvalue weighted by atomic mass is 9.99. The van der Waals surface area contributed by atoms with E-state index >= 15 is 0 Å². The predicted octanol–water partition coefficient (Wildman–Crippen LogP) is 3.72. The number of rotatable bonds is 5. The predicted molar refractivity (Wildman–Crippen MR) is 97.6 cm³/mol. The summed E-state index contributed by atoms with van der Waals surface area (Å²) in [5.74, 6) is -1.06. The molecule has 2 aromatic rings. The Bertz CT molecular complexity index is 838. The van der Waals surface area contributed by atoms with Crippen LogP contribution in [0.4, 0.5) is 11.4 Å². The maximum absolute atomic E-state index is 12.3. The Labute approximate surface area is 154 Å². The van der Waals surface area contributed by atoms with E-state index in [4.69, 9.17) is 4.74 Å². The van der Waals surface area contributed by atoms with Crippen LogP contribution in [0.25, 0.3) is 0 Å². The highest BCUT2D eigenvalue weighted by Crippen LogP contribution is 2.30. The van der Waals surface area contributed by atoms with Gasteiger partial charge in [-0.25, -0.2) is 4.79 Å². The number of carbonyl (C=O) groups is 2. The zero-order valence-electron chi connectivity index (χ0n) is 14.2. The van der Waals surface area contributed by atoms with Crippen LogP contribution in [0.3, 0.4) is 0 Å². The van der Waals surface area contributed by atoms with Crippen molar-refractivity contribution in [1.29, 1.82) is 0 Å². The summed E-state index contributed by atoms with van der Waals surface area (Å²) >= 11 is 1.43. The van der Waals surface area contributed by atoms with Gasteiger partial charge in [0.1, 0.15) is 4.88 Å². The number of non-ortho nitro benzene ring substituents is 1. The Morgan fingerprint density at radius 2 is 2.04 bits per heavy atom. The molecule has 26 heavy (non-hydrogen) atoms. The number of hydrogen-bond acceptors (Lipinski definition) is 6. The van der Waals surface area contributed by atoms with Crippen molar-refractivity contribution in [3.05, 3.63) is 55.8 Å². The first-order valence-electron chi connectivity index (χ1n) is 8.32. The molecule has 1 amide bonds. The van der Waals surface area contributed by atoms with Crippen molar-refractivity contribution in [3.8, 4) is 0 Å². The molecule has 1 unspecified atom stereocenters. The topological polar surface area (TPSA) is 98.5 Å². The van der Waals surface area contributed by atoms with Gasteiger partial charge in [-0.2, -0.15) is 0 Å². The Kier molecular flexibility index (Phi) is 5.32. The molecule has 1 aliphatic rings. The van der Waals surface area contributed by atoms with E-state index in [0.29, 0.717) is 4.88 Å². The third-order valence-corrected chi connectivity index (χ3v) is 5.39. The number of anilines is 1. The molecule has 136 valence electrons. The SMILES string of the molecule is CC(OC(=O)c1cc2c(s1)CCCC2)C(=O)Nc1cccc([N+](=O)[O-])c1. The fraction of sp³-hybridized carbons (Fsp3) is 0.333. The van der Waals surface area contributed by atoms with Gasteiger partial charge in [-0.3, -0.25) is 14.9 Å². The van der Waals surface area contributed by atoms with Gasteiger partial charge in [0.2, 0.25) is 0 Å². The fourth-order valence-electron chi connectivity index (χ4n) is 2.80. The van der Waals surface area contributed by atoms with E-state index in [0.717, 1.165) is 25.7 Å². The van der Waals surface area contributed by atoms with Gasteiger partial charge in [0, 0.05) is 22.7 Å². The standard InChI is InChI=1S/C18H18N2O5S/c1-11(17(21)19-13-6-4-7-14(10-13)20(23)24)25-18(22)16-9-12-5-2-3-8-15(12)26-16/h4,6-7,9-11H,2-3,5,8H2,1H3,(H,19,21). The molecule has 0 spiro atoms. The summed E-state index contributed by atoms with van der Waals surface area (Å²) in [5.41, 5.74) is 1.34. The third-order valence-electron chi connectivity index (χ3n) is 4.18. The van der Waals surface area contributed by atoms with Crippen molar-refractivity contribution in [3.63, 3.8) is 0 Å². The smallest absolute Gasteiger partial charge is 0.349 e. The van der Waals surface area contributed by atoms with E-state index in [9.17, 15) is 19.7 Å². The molecular formula is C18H18N2O5S. The lowest BCUT2D eigenvalue weighted by Gasteiger charge is -2.12. The molecule has 0 fully saturated rings. The number of ether oxygens (including phenoxy) is 1. The second-order valence-corrected chi connectivity index (χ2v) is 7.25. The summed E-state index contributed by atoms with van der Waals surface area (Å²) in [6.45, 7) is 1.47. The minimum absolute atomic E-state index is 0.128. The molecule has 1 N–H and O–H groups in total. The lowest BCUT2D eigenvalue weighted by molar-refractivity contribution is -0.384. The van der Waals surface area contributed by atoms with Gasteiger partial charge in [-0.15, -0.1) is 11.3 Å². The van der Waals surface area contributed by atoms with Crippen LogP contribution < -0.4 is 5.32 Å².